The molecule has 3 N–H and O–H groups in total. The molecule has 28 heavy (non-hydrogen) atoms. The van der Waals surface area contributed by atoms with Gasteiger partial charge in [-0.3, -0.25) is 29.4 Å². The molecule has 1 atom stereocenters. The number of nitrogens with zero attached hydrogens (tertiary/aromatic N) is 1. The number of benzene rings is 1. The van der Waals surface area contributed by atoms with E-state index in [1.54, 1.807) is 6.07 Å². The highest BCUT2D eigenvalue weighted by atomic mass is 16.5. The summed E-state index contributed by atoms with van der Waals surface area (Å²) in [6, 6.07) is 3.75. The molecule has 0 aromatic heterocycles. The Balaban J connectivity index is 0.00000136. The molecule has 8 nitrogen and oxygen atoms in total. The summed E-state index contributed by atoms with van der Waals surface area (Å²) < 4.78 is 5.63. The van der Waals surface area contributed by atoms with E-state index in [0.717, 1.165) is 24.2 Å². The highest BCUT2D eigenvalue weighted by molar-refractivity contribution is 6.23. The molecule has 152 valence electrons. The number of nitrogens with one attached hydrogen (secondary N) is 1. The number of amides is 4. The van der Waals surface area contributed by atoms with Crippen LogP contribution in [0.3, 0.4) is 0 Å². The fourth-order valence-corrected chi connectivity index (χ4v) is 3.15. The van der Waals surface area contributed by atoms with Crippen molar-refractivity contribution in [1.82, 2.24) is 10.2 Å². The van der Waals surface area contributed by atoms with Crippen LogP contribution in [0.15, 0.2) is 18.2 Å². The molecule has 8 heteroatoms. The number of piperidine rings is 1. The molecule has 4 amide bonds. The van der Waals surface area contributed by atoms with E-state index in [2.05, 4.69) is 5.32 Å². The molecule has 0 saturated carbocycles. The van der Waals surface area contributed by atoms with Crippen molar-refractivity contribution in [3.05, 3.63) is 29.3 Å². The standard InChI is InChI=1S/C18H21N3O5.C2H6/c19-8-2-1-3-9-26-11-4-5-12-13(10-11)18(25)21(17(12)24)14-6-7-15(22)20-16(14)23;1-2/h4-5,10,14H,1-3,6-9,19H2,(H,20,22,23);1-2H3. The molecule has 0 radical (unpaired) electrons. The maximum Gasteiger partial charge on any atom is 0.262 e. The summed E-state index contributed by atoms with van der Waals surface area (Å²) in [5.74, 6) is -1.56. The van der Waals surface area contributed by atoms with Gasteiger partial charge >= 0.3 is 0 Å². The third-order valence-electron chi connectivity index (χ3n) is 4.53. The van der Waals surface area contributed by atoms with Gasteiger partial charge in [0.25, 0.3) is 11.8 Å². The molecule has 2 heterocycles. The summed E-state index contributed by atoms with van der Waals surface area (Å²) in [4.78, 5) is 49.5. The number of carbonyl (C=O) groups excluding carboxylic acids is 4. The molecule has 1 aromatic rings. The second-order valence-corrected chi connectivity index (χ2v) is 6.35. The molecule has 0 bridgehead atoms. The van der Waals surface area contributed by atoms with Crippen molar-refractivity contribution in [2.75, 3.05) is 13.2 Å². The van der Waals surface area contributed by atoms with Gasteiger partial charge in [-0.1, -0.05) is 13.8 Å². The van der Waals surface area contributed by atoms with Crippen molar-refractivity contribution in [3.8, 4) is 5.75 Å². The summed E-state index contributed by atoms with van der Waals surface area (Å²) in [5, 5.41) is 2.17. The Kier molecular flexibility index (Phi) is 7.69. The topological polar surface area (TPSA) is 119 Å². The molecule has 1 fully saturated rings. The van der Waals surface area contributed by atoms with Crippen molar-refractivity contribution in [2.24, 2.45) is 5.73 Å². The number of imide groups is 2. The average molecular weight is 389 g/mol. The summed E-state index contributed by atoms with van der Waals surface area (Å²) in [6.45, 7) is 5.14. The number of rotatable bonds is 7. The Morgan fingerprint density at radius 3 is 2.46 bits per heavy atom. The summed E-state index contributed by atoms with van der Waals surface area (Å²) in [5.41, 5.74) is 5.91. The zero-order valence-electron chi connectivity index (χ0n) is 16.3. The van der Waals surface area contributed by atoms with Gasteiger partial charge in [0.15, 0.2) is 0 Å². The molecule has 1 aromatic carbocycles. The maximum atomic E-state index is 12.7. The largest absolute Gasteiger partial charge is 0.494 e. The Hall–Kier alpha value is -2.74. The van der Waals surface area contributed by atoms with Crippen molar-refractivity contribution >= 4 is 23.6 Å². The summed E-state index contributed by atoms with van der Waals surface area (Å²) in [7, 11) is 0. The van der Waals surface area contributed by atoms with Gasteiger partial charge in [0.1, 0.15) is 11.8 Å². The lowest BCUT2D eigenvalue weighted by molar-refractivity contribution is -0.136. The number of hydrogen-bond donors (Lipinski definition) is 2. The predicted octanol–water partition coefficient (Wildman–Crippen LogP) is 1.62. The van der Waals surface area contributed by atoms with Gasteiger partial charge in [-0.15, -0.1) is 0 Å². The molecule has 3 rings (SSSR count). The van der Waals surface area contributed by atoms with E-state index < -0.39 is 29.7 Å². The highest BCUT2D eigenvalue weighted by Gasteiger charge is 2.44. The lowest BCUT2D eigenvalue weighted by atomic mass is 10.0. The lowest BCUT2D eigenvalue weighted by Gasteiger charge is -2.27. The first-order valence-corrected chi connectivity index (χ1v) is 9.71. The monoisotopic (exact) mass is 389 g/mol. The van der Waals surface area contributed by atoms with Gasteiger partial charge in [-0.25, -0.2) is 0 Å². The zero-order chi connectivity index (χ0) is 20.7. The first-order chi connectivity index (χ1) is 13.5. The van der Waals surface area contributed by atoms with Crippen LogP contribution < -0.4 is 15.8 Å². The van der Waals surface area contributed by atoms with E-state index in [-0.39, 0.29) is 24.0 Å². The van der Waals surface area contributed by atoms with Crippen molar-refractivity contribution in [3.63, 3.8) is 0 Å². The minimum absolute atomic E-state index is 0.0982. The number of hydrogen-bond acceptors (Lipinski definition) is 6. The van der Waals surface area contributed by atoms with Crippen LogP contribution in [0.5, 0.6) is 5.75 Å². The van der Waals surface area contributed by atoms with Gasteiger partial charge in [0, 0.05) is 6.42 Å². The van der Waals surface area contributed by atoms with Gasteiger partial charge in [0.05, 0.1) is 17.7 Å². The Labute approximate surface area is 164 Å². The minimum Gasteiger partial charge on any atom is -0.494 e. The van der Waals surface area contributed by atoms with Crippen LogP contribution in [0.2, 0.25) is 0 Å². The van der Waals surface area contributed by atoms with Crippen LogP contribution >= 0.6 is 0 Å². The fourth-order valence-electron chi connectivity index (χ4n) is 3.15. The van der Waals surface area contributed by atoms with Crippen LogP contribution in [0.4, 0.5) is 0 Å². The van der Waals surface area contributed by atoms with E-state index in [9.17, 15) is 19.2 Å². The first kappa shape index (κ1) is 21.6. The Morgan fingerprint density at radius 2 is 1.79 bits per heavy atom. The second kappa shape index (κ2) is 9.98. The zero-order valence-corrected chi connectivity index (χ0v) is 16.3. The minimum atomic E-state index is -0.958. The molecule has 2 aliphatic heterocycles. The smallest absolute Gasteiger partial charge is 0.262 e. The van der Waals surface area contributed by atoms with Crippen LogP contribution in [0.1, 0.15) is 66.7 Å². The van der Waals surface area contributed by atoms with Crippen LogP contribution in [-0.2, 0) is 9.59 Å². The molecule has 1 saturated heterocycles. The van der Waals surface area contributed by atoms with Crippen LogP contribution in [0, 0.1) is 0 Å². The van der Waals surface area contributed by atoms with Crippen molar-refractivity contribution < 1.29 is 23.9 Å². The van der Waals surface area contributed by atoms with E-state index in [0.29, 0.717) is 18.9 Å². The SMILES string of the molecule is CC.NCCCCCOc1ccc2c(c1)C(=O)N(C1CCC(=O)NC1=O)C2=O. The van der Waals surface area contributed by atoms with Crippen molar-refractivity contribution in [1.29, 1.82) is 0 Å². The van der Waals surface area contributed by atoms with E-state index >= 15 is 0 Å². The lowest BCUT2D eigenvalue weighted by Crippen LogP contribution is -2.54. The van der Waals surface area contributed by atoms with E-state index in [1.165, 1.54) is 12.1 Å². The number of ether oxygens (including phenoxy) is 1. The van der Waals surface area contributed by atoms with E-state index in [4.69, 9.17) is 10.5 Å². The quantitative estimate of drug-likeness (QED) is 0.540. The average Bonchev–Trinajstić information content (AvgIpc) is 2.94. The number of nitrogens with two attached hydrogens (primary N) is 1. The summed E-state index contributed by atoms with van der Waals surface area (Å²) in [6.07, 6.45) is 2.98. The molecule has 0 spiro atoms. The second-order valence-electron chi connectivity index (χ2n) is 6.35. The van der Waals surface area contributed by atoms with E-state index in [1.807, 2.05) is 13.8 Å². The Bertz CT molecular complexity index is 762. The third-order valence-corrected chi connectivity index (χ3v) is 4.53. The van der Waals surface area contributed by atoms with Gasteiger partial charge < -0.3 is 10.5 Å². The Morgan fingerprint density at radius 1 is 1.07 bits per heavy atom. The normalized spacial score (nSPS) is 18.4. The number of unbranched alkanes of at least 4 members (excludes halogenated alkanes) is 2. The third kappa shape index (κ3) is 4.56. The number of fused-ring (bicyclic) bond motifs is 1. The van der Waals surface area contributed by atoms with Crippen LogP contribution in [-0.4, -0.2) is 47.7 Å². The number of carbonyl (C=O) groups is 4. The van der Waals surface area contributed by atoms with Gasteiger partial charge in [0.2, 0.25) is 11.8 Å². The predicted molar refractivity (Wildman–Crippen MR) is 103 cm³/mol. The fraction of sp³-hybridized carbons (Fsp3) is 0.500. The first-order valence-electron chi connectivity index (χ1n) is 9.71. The summed E-state index contributed by atoms with van der Waals surface area (Å²) >= 11 is 0. The van der Waals surface area contributed by atoms with Gasteiger partial charge in [-0.05, 0) is 50.4 Å². The molecular weight excluding hydrogens is 362 g/mol. The molecule has 0 aliphatic carbocycles. The molecule has 1 unspecified atom stereocenters. The van der Waals surface area contributed by atoms with Gasteiger partial charge in [-0.2, -0.15) is 0 Å². The van der Waals surface area contributed by atoms with Crippen molar-refractivity contribution in [2.45, 2.75) is 52.0 Å². The highest BCUT2D eigenvalue weighted by Crippen LogP contribution is 2.30. The molecular formula is C20H27N3O5. The molecule has 2 aliphatic rings. The maximum absolute atomic E-state index is 12.7. The van der Waals surface area contributed by atoms with Crippen LogP contribution in [0.25, 0.3) is 0 Å².